The van der Waals surface area contributed by atoms with Gasteiger partial charge in [-0.25, -0.2) is 4.98 Å². The fourth-order valence-electron chi connectivity index (χ4n) is 2.96. The van der Waals surface area contributed by atoms with Crippen LogP contribution in [0.25, 0.3) is 0 Å². The van der Waals surface area contributed by atoms with E-state index in [4.69, 9.17) is 9.47 Å². The Morgan fingerprint density at radius 3 is 2.41 bits per heavy atom. The van der Waals surface area contributed by atoms with Crippen molar-refractivity contribution in [2.45, 2.75) is 0 Å². The third-order valence-electron chi connectivity index (χ3n) is 4.48. The lowest BCUT2D eigenvalue weighted by atomic mass is 10.2. The quantitative estimate of drug-likeness (QED) is 0.688. The summed E-state index contributed by atoms with van der Waals surface area (Å²) < 4.78 is 11.1. The van der Waals surface area contributed by atoms with E-state index < -0.39 is 0 Å². The molecule has 1 aromatic heterocycles. The smallest absolute Gasteiger partial charge is 0.255 e. The Morgan fingerprint density at radius 1 is 0.931 bits per heavy atom. The van der Waals surface area contributed by atoms with Crippen LogP contribution >= 0.6 is 0 Å². The van der Waals surface area contributed by atoms with Crippen LogP contribution in [0.1, 0.15) is 10.4 Å². The third-order valence-corrected chi connectivity index (χ3v) is 4.48. The molecule has 0 unspecified atom stereocenters. The first-order valence-corrected chi connectivity index (χ1v) is 9.30. The SMILES string of the molecule is CN(C)c1ccc(NC(=O)c2ccnc(Nc3ccc4c(c3)OCCO4)c2)cc1. The van der Waals surface area contributed by atoms with E-state index in [0.717, 1.165) is 22.8 Å². The minimum atomic E-state index is -0.199. The number of rotatable bonds is 5. The Labute approximate surface area is 169 Å². The summed E-state index contributed by atoms with van der Waals surface area (Å²) in [6, 6.07) is 16.6. The molecule has 1 aliphatic rings. The first-order chi connectivity index (χ1) is 14.1. The van der Waals surface area contributed by atoms with Crippen molar-refractivity contribution in [2.24, 2.45) is 0 Å². The van der Waals surface area contributed by atoms with Gasteiger partial charge in [-0.3, -0.25) is 4.79 Å². The predicted molar refractivity (Wildman–Crippen MR) is 114 cm³/mol. The maximum atomic E-state index is 12.6. The standard InChI is InChI=1S/C22H22N4O3/c1-26(2)18-6-3-16(4-7-18)25-22(27)15-9-10-23-21(13-15)24-17-5-8-19-20(14-17)29-12-11-28-19/h3-10,13-14H,11-12H2,1-2H3,(H,23,24)(H,25,27). The average Bonchev–Trinajstić information content (AvgIpc) is 2.74. The van der Waals surface area contributed by atoms with Gasteiger partial charge in [0.2, 0.25) is 0 Å². The normalized spacial score (nSPS) is 12.2. The number of aromatic nitrogens is 1. The summed E-state index contributed by atoms with van der Waals surface area (Å²) in [6.45, 7) is 1.08. The molecule has 0 bridgehead atoms. The van der Waals surface area contributed by atoms with Crippen molar-refractivity contribution in [1.29, 1.82) is 0 Å². The second-order valence-electron chi connectivity index (χ2n) is 6.81. The van der Waals surface area contributed by atoms with Crippen LogP contribution in [0.15, 0.2) is 60.8 Å². The summed E-state index contributed by atoms with van der Waals surface area (Å²) in [5, 5.41) is 6.11. The Morgan fingerprint density at radius 2 is 1.66 bits per heavy atom. The minimum Gasteiger partial charge on any atom is -0.486 e. The summed E-state index contributed by atoms with van der Waals surface area (Å²) >= 11 is 0. The van der Waals surface area contributed by atoms with E-state index in [0.29, 0.717) is 30.3 Å². The van der Waals surface area contributed by atoms with Gasteiger partial charge in [-0.05, 0) is 48.5 Å². The number of carbonyl (C=O) groups excluding carboxylic acids is 1. The number of nitrogens with one attached hydrogen (secondary N) is 2. The largest absolute Gasteiger partial charge is 0.486 e. The van der Waals surface area contributed by atoms with Gasteiger partial charge in [0, 0.05) is 49.0 Å². The molecule has 0 saturated carbocycles. The lowest BCUT2D eigenvalue weighted by Crippen LogP contribution is -2.15. The first-order valence-electron chi connectivity index (χ1n) is 9.30. The molecular formula is C22H22N4O3. The van der Waals surface area contributed by atoms with E-state index in [-0.39, 0.29) is 5.91 Å². The molecule has 4 rings (SSSR count). The summed E-state index contributed by atoms with van der Waals surface area (Å²) in [4.78, 5) is 18.9. The molecule has 29 heavy (non-hydrogen) atoms. The van der Waals surface area contributed by atoms with Gasteiger partial charge < -0.3 is 25.0 Å². The number of carbonyl (C=O) groups is 1. The molecule has 3 aromatic rings. The van der Waals surface area contributed by atoms with Crippen molar-refractivity contribution in [3.63, 3.8) is 0 Å². The van der Waals surface area contributed by atoms with Gasteiger partial charge in [-0.15, -0.1) is 0 Å². The number of pyridine rings is 1. The summed E-state index contributed by atoms with van der Waals surface area (Å²) in [5.41, 5.74) is 3.12. The molecule has 1 amide bonds. The van der Waals surface area contributed by atoms with Crippen molar-refractivity contribution < 1.29 is 14.3 Å². The molecule has 2 aromatic carbocycles. The molecule has 0 radical (unpaired) electrons. The third kappa shape index (κ3) is 4.40. The number of amides is 1. The highest BCUT2D eigenvalue weighted by Gasteiger charge is 2.13. The van der Waals surface area contributed by atoms with Gasteiger partial charge in [0.1, 0.15) is 19.0 Å². The van der Waals surface area contributed by atoms with Gasteiger partial charge in [-0.2, -0.15) is 0 Å². The zero-order chi connectivity index (χ0) is 20.2. The monoisotopic (exact) mass is 390 g/mol. The zero-order valence-corrected chi connectivity index (χ0v) is 16.3. The molecule has 2 heterocycles. The average molecular weight is 390 g/mol. The van der Waals surface area contributed by atoms with Crippen LogP contribution in [-0.4, -0.2) is 38.2 Å². The molecule has 0 saturated heterocycles. The van der Waals surface area contributed by atoms with Crippen LogP contribution in [0.5, 0.6) is 11.5 Å². The molecule has 0 aliphatic carbocycles. The fourth-order valence-corrected chi connectivity index (χ4v) is 2.96. The van der Waals surface area contributed by atoms with E-state index in [1.54, 1.807) is 18.3 Å². The topological polar surface area (TPSA) is 75.7 Å². The summed E-state index contributed by atoms with van der Waals surface area (Å²) in [6.07, 6.45) is 1.60. The molecular weight excluding hydrogens is 368 g/mol. The molecule has 148 valence electrons. The summed E-state index contributed by atoms with van der Waals surface area (Å²) in [7, 11) is 3.95. The lowest BCUT2D eigenvalue weighted by molar-refractivity contribution is 0.102. The Hall–Kier alpha value is -3.74. The van der Waals surface area contributed by atoms with Crippen LogP contribution in [0.4, 0.5) is 22.9 Å². The molecule has 0 atom stereocenters. The van der Waals surface area contributed by atoms with E-state index in [1.807, 2.05) is 61.5 Å². The van der Waals surface area contributed by atoms with E-state index in [1.165, 1.54) is 0 Å². The Balaban J connectivity index is 1.46. The number of hydrogen-bond donors (Lipinski definition) is 2. The van der Waals surface area contributed by atoms with Gasteiger partial charge >= 0.3 is 0 Å². The van der Waals surface area contributed by atoms with Crippen LogP contribution < -0.4 is 25.0 Å². The molecule has 0 fully saturated rings. The maximum absolute atomic E-state index is 12.6. The fraction of sp³-hybridized carbons (Fsp3) is 0.182. The molecule has 2 N–H and O–H groups in total. The second kappa shape index (κ2) is 8.10. The molecule has 7 heteroatoms. The molecule has 0 spiro atoms. The predicted octanol–water partition coefficient (Wildman–Crippen LogP) is 3.91. The van der Waals surface area contributed by atoms with Gasteiger partial charge in [0.25, 0.3) is 5.91 Å². The van der Waals surface area contributed by atoms with E-state index in [9.17, 15) is 4.79 Å². The number of fused-ring (bicyclic) bond motifs is 1. The highest BCUT2D eigenvalue weighted by Crippen LogP contribution is 2.33. The van der Waals surface area contributed by atoms with Crippen LogP contribution in [0, 0.1) is 0 Å². The number of hydrogen-bond acceptors (Lipinski definition) is 6. The lowest BCUT2D eigenvalue weighted by Gasteiger charge is -2.19. The zero-order valence-electron chi connectivity index (χ0n) is 16.3. The number of benzene rings is 2. The highest BCUT2D eigenvalue weighted by atomic mass is 16.6. The molecule has 7 nitrogen and oxygen atoms in total. The van der Waals surface area contributed by atoms with Crippen molar-refractivity contribution in [3.8, 4) is 11.5 Å². The number of nitrogens with zero attached hydrogens (tertiary/aromatic N) is 2. The van der Waals surface area contributed by atoms with E-state index >= 15 is 0 Å². The summed E-state index contributed by atoms with van der Waals surface area (Å²) in [5.74, 6) is 1.78. The minimum absolute atomic E-state index is 0.199. The molecule has 1 aliphatic heterocycles. The van der Waals surface area contributed by atoms with Crippen molar-refractivity contribution >= 4 is 28.8 Å². The van der Waals surface area contributed by atoms with Crippen molar-refractivity contribution in [1.82, 2.24) is 4.98 Å². The second-order valence-corrected chi connectivity index (χ2v) is 6.81. The van der Waals surface area contributed by atoms with Crippen LogP contribution in [-0.2, 0) is 0 Å². The van der Waals surface area contributed by atoms with Gasteiger partial charge in [0.05, 0.1) is 0 Å². The van der Waals surface area contributed by atoms with Crippen LogP contribution in [0.3, 0.4) is 0 Å². The first kappa shape index (κ1) is 18.6. The van der Waals surface area contributed by atoms with Crippen molar-refractivity contribution in [2.75, 3.05) is 42.8 Å². The van der Waals surface area contributed by atoms with E-state index in [2.05, 4.69) is 15.6 Å². The number of ether oxygens (including phenoxy) is 2. The highest BCUT2D eigenvalue weighted by molar-refractivity contribution is 6.04. The maximum Gasteiger partial charge on any atom is 0.255 e. The Bertz CT molecular complexity index is 1020. The van der Waals surface area contributed by atoms with Gasteiger partial charge in [0.15, 0.2) is 11.5 Å². The Kier molecular flexibility index (Phi) is 5.20. The van der Waals surface area contributed by atoms with Crippen molar-refractivity contribution in [3.05, 3.63) is 66.4 Å². The van der Waals surface area contributed by atoms with Crippen LogP contribution in [0.2, 0.25) is 0 Å². The number of anilines is 4. The van der Waals surface area contributed by atoms with Gasteiger partial charge in [-0.1, -0.05) is 0 Å².